The number of hydrogen-bond acceptors (Lipinski definition) is 8. The summed E-state index contributed by atoms with van der Waals surface area (Å²) in [5.74, 6) is 0.484. The number of carbonyl (C=O) groups excluding carboxylic acids is 1. The van der Waals surface area contributed by atoms with Crippen molar-refractivity contribution >= 4 is 49.6 Å². The lowest BCUT2D eigenvalue weighted by atomic mass is 10.1. The van der Waals surface area contributed by atoms with Crippen LogP contribution in [0.3, 0.4) is 0 Å². The Labute approximate surface area is 222 Å². The molecule has 0 unspecified atom stereocenters. The summed E-state index contributed by atoms with van der Waals surface area (Å²) in [6, 6.07) is 15.7. The number of amides is 1. The maximum absolute atomic E-state index is 13.2. The Bertz CT molecular complexity index is 1590. The molecule has 2 aromatic carbocycles. The van der Waals surface area contributed by atoms with Gasteiger partial charge in [-0.2, -0.15) is 0 Å². The summed E-state index contributed by atoms with van der Waals surface area (Å²) in [6.45, 7) is 4.13. The summed E-state index contributed by atoms with van der Waals surface area (Å²) in [7, 11) is 1.62. The second-order valence-corrected chi connectivity index (χ2v) is 10.8. The van der Waals surface area contributed by atoms with Gasteiger partial charge in [0.25, 0.3) is 5.91 Å². The fraction of sp³-hybridized carbons (Fsp3) is 0.214. The molecule has 1 fully saturated rings. The summed E-state index contributed by atoms with van der Waals surface area (Å²) in [4.78, 5) is 29.5. The standard InChI is InChI=1S/C28H25N5O2S2/c1-17-15-18(33-13-5-6-14-33)8-9-19(17)26(34)32-28-31-24-23(35-2)11-10-20(25(24)37-28)22-16-36-27(30-22)21-7-3-4-12-29-21/h3-4,7-12,15-16H,5-6,13-14H2,1-2H3,(H,31,32,34). The normalized spacial score (nSPS) is 13.3. The van der Waals surface area contributed by atoms with Crippen LogP contribution in [0.2, 0.25) is 0 Å². The minimum atomic E-state index is -0.170. The van der Waals surface area contributed by atoms with Crippen molar-refractivity contribution in [3.05, 3.63) is 71.2 Å². The van der Waals surface area contributed by atoms with Crippen molar-refractivity contribution in [1.29, 1.82) is 0 Å². The molecule has 1 amide bonds. The average molecular weight is 528 g/mol. The van der Waals surface area contributed by atoms with Crippen molar-refractivity contribution in [1.82, 2.24) is 15.0 Å². The molecule has 0 saturated carbocycles. The zero-order chi connectivity index (χ0) is 25.4. The average Bonchev–Trinajstić information content (AvgIpc) is 3.69. The third-order valence-electron chi connectivity index (χ3n) is 6.54. The van der Waals surface area contributed by atoms with Crippen molar-refractivity contribution in [2.75, 3.05) is 30.4 Å². The van der Waals surface area contributed by atoms with Gasteiger partial charge in [-0.3, -0.25) is 15.1 Å². The molecule has 6 rings (SSSR count). The van der Waals surface area contributed by atoms with Gasteiger partial charge in [-0.15, -0.1) is 11.3 Å². The van der Waals surface area contributed by atoms with Crippen LogP contribution in [0.25, 0.3) is 32.2 Å². The topological polar surface area (TPSA) is 80.2 Å². The Balaban J connectivity index is 1.31. The van der Waals surface area contributed by atoms with E-state index in [1.807, 2.05) is 54.8 Å². The lowest BCUT2D eigenvalue weighted by Crippen LogP contribution is -2.19. The lowest BCUT2D eigenvalue weighted by molar-refractivity contribution is 0.102. The number of aryl methyl sites for hydroxylation is 1. The predicted octanol–water partition coefficient (Wildman–Crippen LogP) is 6.65. The van der Waals surface area contributed by atoms with Crippen LogP contribution in [-0.2, 0) is 0 Å². The number of rotatable bonds is 6. The van der Waals surface area contributed by atoms with E-state index < -0.39 is 0 Å². The number of hydrogen-bond donors (Lipinski definition) is 1. The molecule has 1 aliphatic heterocycles. The number of benzene rings is 2. The number of aromatic nitrogens is 3. The van der Waals surface area contributed by atoms with Gasteiger partial charge in [0, 0.05) is 41.5 Å². The van der Waals surface area contributed by atoms with Gasteiger partial charge in [0.15, 0.2) is 5.13 Å². The first-order chi connectivity index (χ1) is 18.1. The van der Waals surface area contributed by atoms with Crippen LogP contribution in [0, 0.1) is 6.92 Å². The van der Waals surface area contributed by atoms with Gasteiger partial charge >= 0.3 is 0 Å². The molecule has 0 spiro atoms. The number of anilines is 2. The van der Waals surface area contributed by atoms with Crippen LogP contribution in [0.4, 0.5) is 10.8 Å². The highest BCUT2D eigenvalue weighted by molar-refractivity contribution is 7.23. The minimum Gasteiger partial charge on any atom is -0.494 e. The number of carbonyl (C=O) groups is 1. The van der Waals surface area contributed by atoms with Crippen LogP contribution in [0.1, 0.15) is 28.8 Å². The van der Waals surface area contributed by atoms with Crippen LogP contribution < -0.4 is 15.0 Å². The molecule has 0 aliphatic carbocycles. The molecule has 1 aliphatic rings. The first kappa shape index (κ1) is 23.6. The molecule has 1 saturated heterocycles. The van der Waals surface area contributed by atoms with Crippen molar-refractivity contribution in [2.45, 2.75) is 19.8 Å². The van der Waals surface area contributed by atoms with E-state index in [1.54, 1.807) is 24.6 Å². The summed E-state index contributed by atoms with van der Waals surface area (Å²) in [6.07, 6.45) is 4.20. The van der Waals surface area contributed by atoms with Gasteiger partial charge in [-0.25, -0.2) is 9.97 Å². The van der Waals surface area contributed by atoms with Crippen LogP contribution in [0.15, 0.2) is 60.1 Å². The second kappa shape index (κ2) is 9.91. The molecule has 0 bridgehead atoms. The predicted molar refractivity (Wildman–Crippen MR) is 151 cm³/mol. The van der Waals surface area contributed by atoms with Gasteiger partial charge in [-0.05, 0) is 67.8 Å². The number of nitrogens with one attached hydrogen (secondary N) is 1. The van der Waals surface area contributed by atoms with Crippen molar-refractivity contribution < 1.29 is 9.53 Å². The second-order valence-electron chi connectivity index (χ2n) is 8.91. The molecule has 9 heteroatoms. The monoisotopic (exact) mass is 527 g/mol. The molecular weight excluding hydrogens is 502 g/mol. The Kier molecular flexibility index (Phi) is 6.31. The molecule has 0 radical (unpaired) electrons. The smallest absolute Gasteiger partial charge is 0.257 e. The molecule has 4 heterocycles. The summed E-state index contributed by atoms with van der Waals surface area (Å²) in [5.41, 5.74) is 6.10. The summed E-state index contributed by atoms with van der Waals surface area (Å²) in [5, 5.41) is 6.41. The zero-order valence-corrected chi connectivity index (χ0v) is 22.2. The quantitative estimate of drug-likeness (QED) is 0.266. The maximum Gasteiger partial charge on any atom is 0.257 e. The Morgan fingerprint density at radius 3 is 2.68 bits per heavy atom. The zero-order valence-electron chi connectivity index (χ0n) is 20.5. The first-order valence-electron chi connectivity index (χ1n) is 12.1. The molecule has 1 N–H and O–H groups in total. The molecule has 5 aromatic rings. The number of fused-ring (bicyclic) bond motifs is 1. The third-order valence-corrected chi connectivity index (χ3v) is 8.41. The minimum absolute atomic E-state index is 0.170. The number of ether oxygens (including phenoxy) is 1. The fourth-order valence-electron chi connectivity index (χ4n) is 4.65. The number of pyridine rings is 1. The van der Waals surface area contributed by atoms with Gasteiger partial charge in [-0.1, -0.05) is 17.4 Å². The SMILES string of the molecule is COc1ccc(-c2csc(-c3ccccn3)n2)c2sc(NC(=O)c3ccc(N4CCCC4)cc3C)nc12. The number of thiazole rings is 2. The summed E-state index contributed by atoms with van der Waals surface area (Å²) < 4.78 is 6.49. The van der Waals surface area contributed by atoms with E-state index in [1.165, 1.54) is 29.9 Å². The molecule has 0 atom stereocenters. The van der Waals surface area contributed by atoms with Gasteiger partial charge in [0.05, 0.1) is 23.2 Å². The highest BCUT2D eigenvalue weighted by Gasteiger charge is 2.20. The van der Waals surface area contributed by atoms with Gasteiger partial charge < -0.3 is 9.64 Å². The molecule has 3 aromatic heterocycles. The van der Waals surface area contributed by atoms with Crippen molar-refractivity contribution in [3.63, 3.8) is 0 Å². The Hall–Kier alpha value is -3.82. The molecule has 7 nitrogen and oxygen atoms in total. The lowest BCUT2D eigenvalue weighted by Gasteiger charge is -2.19. The first-order valence-corrected chi connectivity index (χ1v) is 13.8. The fourth-order valence-corrected chi connectivity index (χ4v) is 6.44. The summed E-state index contributed by atoms with van der Waals surface area (Å²) >= 11 is 2.97. The van der Waals surface area contributed by atoms with E-state index >= 15 is 0 Å². The third kappa shape index (κ3) is 4.56. The largest absolute Gasteiger partial charge is 0.494 e. The molecular formula is C28H25N5O2S2. The Morgan fingerprint density at radius 2 is 1.92 bits per heavy atom. The van der Waals surface area contributed by atoms with Crippen LogP contribution >= 0.6 is 22.7 Å². The maximum atomic E-state index is 13.2. The Morgan fingerprint density at radius 1 is 1.05 bits per heavy atom. The van der Waals surface area contributed by atoms with E-state index in [-0.39, 0.29) is 5.91 Å². The van der Waals surface area contributed by atoms with Gasteiger partial charge in [0.1, 0.15) is 16.3 Å². The highest BCUT2D eigenvalue weighted by Crippen LogP contribution is 2.40. The van der Waals surface area contributed by atoms with Gasteiger partial charge in [0.2, 0.25) is 0 Å². The van der Waals surface area contributed by atoms with E-state index in [4.69, 9.17) is 14.7 Å². The number of methoxy groups -OCH3 is 1. The van der Waals surface area contributed by atoms with E-state index in [9.17, 15) is 4.79 Å². The van der Waals surface area contributed by atoms with E-state index in [0.29, 0.717) is 22.0 Å². The molecule has 37 heavy (non-hydrogen) atoms. The van der Waals surface area contributed by atoms with Crippen molar-refractivity contribution in [2.24, 2.45) is 0 Å². The number of nitrogens with zero attached hydrogens (tertiary/aromatic N) is 4. The molecule has 186 valence electrons. The van der Waals surface area contributed by atoms with Crippen LogP contribution in [-0.4, -0.2) is 41.1 Å². The van der Waals surface area contributed by atoms with Crippen LogP contribution in [0.5, 0.6) is 5.75 Å². The highest BCUT2D eigenvalue weighted by atomic mass is 32.1. The van der Waals surface area contributed by atoms with Crippen molar-refractivity contribution in [3.8, 4) is 27.7 Å². The van der Waals surface area contributed by atoms with E-state index in [2.05, 4.69) is 21.3 Å². The van der Waals surface area contributed by atoms with E-state index in [0.717, 1.165) is 45.3 Å².